The molecule has 2 aromatic carbocycles. The van der Waals surface area contributed by atoms with Crippen LogP contribution in [0.5, 0.6) is 0 Å². The summed E-state index contributed by atoms with van der Waals surface area (Å²) < 4.78 is 16.1. The highest BCUT2D eigenvalue weighted by Crippen LogP contribution is 2.35. The van der Waals surface area contributed by atoms with Gasteiger partial charge in [0.1, 0.15) is 12.9 Å². The van der Waals surface area contributed by atoms with Crippen molar-refractivity contribution in [3.63, 3.8) is 0 Å². The molecule has 1 amide bonds. The molecule has 1 aromatic heterocycles. The predicted octanol–water partition coefficient (Wildman–Crippen LogP) is 4.19. The molecule has 5 rings (SSSR count). The van der Waals surface area contributed by atoms with Crippen molar-refractivity contribution in [2.75, 3.05) is 7.11 Å². The Bertz CT molecular complexity index is 1160. The second-order valence-corrected chi connectivity index (χ2v) is 8.56. The van der Waals surface area contributed by atoms with Gasteiger partial charge in [-0.15, -0.1) is 0 Å². The molecule has 3 aromatic rings. The number of halogens is 1. The minimum absolute atomic E-state index is 0.158. The van der Waals surface area contributed by atoms with Crippen molar-refractivity contribution in [2.45, 2.75) is 44.7 Å². The highest BCUT2D eigenvalue weighted by Gasteiger charge is 2.33. The van der Waals surface area contributed by atoms with Crippen LogP contribution >= 0.6 is 0 Å². The summed E-state index contributed by atoms with van der Waals surface area (Å²) in [7, 11) is 1.53. The lowest BCUT2D eigenvalue weighted by Crippen LogP contribution is -2.39. The van der Waals surface area contributed by atoms with E-state index in [1.54, 1.807) is 18.3 Å². The zero-order chi connectivity index (χ0) is 21.4. The molecular weight excluding hydrogens is 393 g/mol. The van der Waals surface area contributed by atoms with Gasteiger partial charge in [0.25, 0.3) is 0 Å². The largest absolute Gasteiger partial charge is 0.399 e. The Hall–Kier alpha value is -3.15. The minimum Gasteiger partial charge on any atom is -0.399 e. The van der Waals surface area contributed by atoms with E-state index in [1.807, 2.05) is 12.1 Å². The second-order valence-electron chi connectivity index (χ2n) is 8.56. The van der Waals surface area contributed by atoms with Gasteiger partial charge in [-0.3, -0.25) is 4.79 Å². The third-order valence-corrected chi connectivity index (χ3v) is 6.32. The number of nitrogens with zero attached hydrogens (tertiary/aromatic N) is 2. The Kier molecular flexibility index (Phi) is 5.22. The molecule has 0 saturated heterocycles. The number of nitrogens with one attached hydrogen (secondary N) is 1. The number of carbonyl (C=O) groups is 1. The summed E-state index contributed by atoms with van der Waals surface area (Å²) in [5.74, 6) is 0.196. The molecule has 0 radical (unpaired) electrons. The summed E-state index contributed by atoms with van der Waals surface area (Å²) >= 11 is 0. The number of aromatic nitrogens is 1. The van der Waals surface area contributed by atoms with Crippen molar-refractivity contribution in [1.29, 1.82) is 0 Å². The second kappa shape index (κ2) is 8.17. The highest BCUT2D eigenvalue weighted by atomic mass is 19.1. The molecule has 0 bridgehead atoms. The SMILES string of the molecule is CO/N=C/c1ccc2c(c1)c1c(n2Cc2cccc(F)c2)CCC(NC(=O)C2CC2)C1. The average Bonchev–Trinajstić information content (AvgIpc) is 3.58. The number of amides is 1. The fraction of sp³-hybridized carbons (Fsp3) is 0.360. The first-order valence-corrected chi connectivity index (χ1v) is 10.9. The third kappa shape index (κ3) is 4.07. The summed E-state index contributed by atoms with van der Waals surface area (Å²) in [5, 5.41) is 8.32. The first kappa shape index (κ1) is 19.8. The molecule has 31 heavy (non-hydrogen) atoms. The van der Waals surface area contributed by atoms with Gasteiger partial charge >= 0.3 is 0 Å². The molecule has 6 heteroatoms. The molecule has 5 nitrogen and oxygen atoms in total. The van der Waals surface area contributed by atoms with E-state index in [9.17, 15) is 9.18 Å². The molecule has 1 unspecified atom stereocenters. The Labute approximate surface area is 180 Å². The van der Waals surface area contributed by atoms with Crippen molar-refractivity contribution in [2.24, 2.45) is 11.1 Å². The van der Waals surface area contributed by atoms with Crippen molar-refractivity contribution >= 4 is 23.0 Å². The number of hydrogen-bond donors (Lipinski definition) is 1. The number of hydrogen-bond acceptors (Lipinski definition) is 3. The monoisotopic (exact) mass is 419 g/mol. The molecule has 0 spiro atoms. The zero-order valence-corrected chi connectivity index (χ0v) is 17.6. The maximum atomic E-state index is 13.8. The summed E-state index contributed by atoms with van der Waals surface area (Å²) in [6, 6.07) is 13.2. The van der Waals surface area contributed by atoms with Gasteiger partial charge in [-0.1, -0.05) is 23.4 Å². The quantitative estimate of drug-likeness (QED) is 0.481. The lowest BCUT2D eigenvalue weighted by molar-refractivity contribution is -0.123. The molecule has 1 heterocycles. The lowest BCUT2D eigenvalue weighted by atomic mass is 9.91. The number of rotatable bonds is 6. The summed E-state index contributed by atoms with van der Waals surface area (Å²) in [6.45, 7) is 0.619. The fourth-order valence-electron chi connectivity index (χ4n) is 4.65. The maximum absolute atomic E-state index is 13.8. The average molecular weight is 420 g/mol. The highest BCUT2D eigenvalue weighted by molar-refractivity contribution is 5.92. The first-order valence-electron chi connectivity index (χ1n) is 10.9. The van der Waals surface area contributed by atoms with E-state index in [2.05, 4.69) is 27.2 Å². The van der Waals surface area contributed by atoms with Gasteiger partial charge in [-0.25, -0.2) is 4.39 Å². The van der Waals surface area contributed by atoms with E-state index < -0.39 is 0 Å². The Morgan fingerprint density at radius 3 is 2.90 bits per heavy atom. The van der Waals surface area contributed by atoms with Crippen LogP contribution in [0.1, 0.15) is 41.6 Å². The number of benzene rings is 2. The molecule has 1 N–H and O–H groups in total. The van der Waals surface area contributed by atoms with Crippen LogP contribution in [0.4, 0.5) is 4.39 Å². The van der Waals surface area contributed by atoms with Crippen LogP contribution in [0.2, 0.25) is 0 Å². The molecule has 1 atom stereocenters. The first-order chi connectivity index (χ1) is 15.1. The Balaban J connectivity index is 1.54. The van der Waals surface area contributed by atoms with Crippen LogP contribution in [-0.2, 0) is 29.0 Å². The van der Waals surface area contributed by atoms with Crippen LogP contribution in [-0.4, -0.2) is 29.8 Å². The fourth-order valence-corrected chi connectivity index (χ4v) is 4.65. The smallest absolute Gasteiger partial charge is 0.223 e. The van der Waals surface area contributed by atoms with Crippen LogP contribution in [0.15, 0.2) is 47.6 Å². The number of carbonyl (C=O) groups excluding carboxylic acids is 1. The van der Waals surface area contributed by atoms with Crippen LogP contribution < -0.4 is 5.32 Å². The van der Waals surface area contributed by atoms with Gasteiger partial charge in [0.15, 0.2) is 0 Å². The minimum atomic E-state index is -0.219. The third-order valence-electron chi connectivity index (χ3n) is 6.32. The van der Waals surface area contributed by atoms with E-state index >= 15 is 0 Å². The van der Waals surface area contributed by atoms with E-state index in [-0.39, 0.29) is 23.7 Å². The van der Waals surface area contributed by atoms with E-state index in [0.717, 1.165) is 54.1 Å². The molecule has 160 valence electrons. The van der Waals surface area contributed by atoms with Crippen LogP contribution in [0.3, 0.4) is 0 Å². The standard InChI is InChI=1S/C25H26FN3O2/c1-31-27-14-16-5-9-23-21(12-16)22-13-20(28-25(30)18-6-7-18)8-10-24(22)29(23)15-17-3-2-4-19(26)11-17/h2-5,9,11-12,14,18,20H,6-8,10,13,15H2,1H3,(H,28,30)/b27-14+. The lowest BCUT2D eigenvalue weighted by Gasteiger charge is -2.25. The van der Waals surface area contributed by atoms with Crippen LogP contribution in [0.25, 0.3) is 10.9 Å². The van der Waals surface area contributed by atoms with Gasteiger partial charge in [-0.05, 0) is 73.1 Å². The van der Waals surface area contributed by atoms with E-state index in [1.165, 1.54) is 24.4 Å². The van der Waals surface area contributed by atoms with Gasteiger partial charge in [-0.2, -0.15) is 0 Å². The summed E-state index contributed by atoms with van der Waals surface area (Å²) in [6.07, 6.45) is 6.34. The molecule has 1 fully saturated rings. The van der Waals surface area contributed by atoms with E-state index in [4.69, 9.17) is 4.84 Å². The summed E-state index contributed by atoms with van der Waals surface area (Å²) in [4.78, 5) is 17.2. The molecule has 2 aliphatic carbocycles. The predicted molar refractivity (Wildman–Crippen MR) is 119 cm³/mol. The number of oxime groups is 1. The molecule has 0 aliphatic heterocycles. The van der Waals surface area contributed by atoms with E-state index in [0.29, 0.717) is 6.54 Å². The normalized spacial score (nSPS) is 18.3. The van der Waals surface area contributed by atoms with Crippen molar-refractivity contribution < 1.29 is 14.0 Å². The van der Waals surface area contributed by atoms with Crippen LogP contribution in [0, 0.1) is 11.7 Å². The zero-order valence-electron chi connectivity index (χ0n) is 17.6. The molecular formula is C25H26FN3O2. The molecule has 1 saturated carbocycles. The number of fused-ring (bicyclic) bond motifs is 3. The Morgan fingerprint density at radius 1 is 1.26 bits per heavy atom. The Morgan fingerprint density at radius 2 is 2.13 bits per heavy atom. The van der Waals surface area contributed by atoms with Crippen molar-refractivity contribution in [3.05, 3.63) is 70.7 Å². The molecule has 2 aliphatic rings. The van der Waals surface area contributed by atoms with Gasteiger partial charge in [0, 0.05) is 35.1 Å². The van der Waals surface area contributed by atoms with Gasteiger partial charge < -0.3 is 14.7 Å². The maximum Gasteiger partial charge on any atom is 0.223 e. The summed E-state index contributed by atoms with van der Waals surface area (Å²) in [5.41, 5.74) is 5.57. The topological polar surface area (TPSA) is 55.6 Å². The van der Waals surface area contributed by atoms with Gasteiger partial charge in [0.05, 0.1) is 6.21 Å². The van der Waals surface area contributed by atoms with Crippen molar-refractivity contribution in [3.8, 4) is 0 Å². The van der Waals surface area contributed by atoms with Gasteiger partial charge in [0.2, 0.25) is 5.91 Å². The van der Waals surface area contributed by atoms with Crippen molar-refractivity contribution in [1.82, 2.24) is 9.88 Å².